The molecular weight excluding hydrogens is 371 g/mol. The lowest BCUT2D eigenvalue weighted by Crippen LogP contribution is -2.31. The average molecular weight is 387 g/mol. The lowest BCUT2D eigenvalue weighted by Gasteiger charge is -2.17. The van der Waals surface area contributed by atoms with E-state index in [-0.39, 0.29) is 5.91 Å². The molecule has 3 N–H and O–H groups in total. The van der Waals surface area contributed by atoms with Crippen molar-refractivity contribution >= 4 is 28.9 Å². The van der Waals surface area contributed by atoms with E-state index >= 15 is 0 Å². The number of carbonyl (C=O) groups excluding carboxylic acids is 1. The van der Waals surface area contributed by atoms with Gasteiger partial charge in [0.1, 0.15) is 0 Å². The Labute approximate surface area is 159 Å². The number of carbonyl (C=O) groups is 1. The van der Waals surface area contributed by atoms with Crippen molar-refractivity contribution in [3.05, 3.63) is 58.8 Å². The van der Waals surface area contributed by atoms with Crippen LogP contribution < -0.4 is 15.4 Å². The number of H-pyrrole nitrogens is 1. The molecule has 6 nitrogen and oxygen atoms in total. The molecule has 3 heterocycles. The van der Waals surface area contributed by atoms with Gasteiger partial charge in [-0.3, -0.25) is 9.78 Å². The molecule has 0 fully saturated rings. The van der Waals surface area contributed by atoms with Crippen molar-refractivity contribution in [1.29, 1.82) is 0 Å². The molecule has 1 amide bonds. The first-order valence-electron chi connectivity index (χ1n) is 8.32. The lowest BCUT2D eigenvalue weighted by molar-refractivity contribution is 0.0947. The van der Waals surface area contributed by atoms with Gasteiger partial charge in [-0.25, -0.2) is 4.39 Å². The summed E-state index contributed by atoms with van der Waals surface area (Å²) >= 11 is 6.20. The number of hydrogen-bond donors (Lipinski definition) is 3. The normalized spacial score (nSPS) is 13.1. The van der Waals surface area contributed by atoms with Crippen LogP contribution in [0.25, 0.3) is 11.3 Å². The summed E-state index contributed by atoms with van der Waals surface area (Å²) in [5.41, 5.74) is 3.02. The van der Waals surface area contributed by atoms with Gasteiger partial charge in [-0.15, -0.1) is 0 Å². The first kappa shape index (κ1) is 17.4. The fourth-order valence-electron chi connectivity index (χ4n) is 3.23. The summed E-state index contributed by atoms with van der Waals surface area (Å²) in [4.78, 5) is 19.5. The summed E-state index contributed by atoms with van der Waals surface area (Å²) in [6, 6.07) is 6.80. The molecule has 0 unspecified atom stereocenters. The van der Waals surface area contributed by atoms with Gasteiger partial charge in [-0.2, -0.15) is 0 Å². The quantitative estimate of drug-likeness (QED) is 0.635. The summed E-state index contributed by atoms with van der Waals surface area (Å²) in [6.07, 6.45) is 3.26. The third kappa shape index (κ3) is 3.00. The number of nitrogens with one attached hydrogen (secondary N) is 3. The number of halogens is 2. The first-order valence-corrected chi connectivity index (χ1v) is 8.70. The Kier molecular flexibility index (Phi) is 4.45. The molecule has 0 bridgehead atoms. The molecule has 0 aliphatic carbocycles. The maximum absolute atomic E-state index is 14.4. The van der Waals surface area contributed by atoms with Crippen LogP contribution in [0.3, 0.4) is 0 Å². The van der Waals surface area contributed by atoms with E-state index in [0.717, 1.165) is 11.9 Å². The molecule has 1 aromatic carbocycles. The summed E-state index contributed by atoms with van der Waals surface area (Å²) in [5, 5.41) is 6.45. The Balaban J connectivity index is 1.91. The van der Waals surface area contributed by atoms with Gasteiger partial charge in [-0.1, -0.05) is 17.7 Å². The Bertz CT molecular complexity index is 1030. The second-order valence-corrected chi connectivity index (χ2v) is 6.44. The highest BCUT2D eigenvalue weighted by Crippen LogP contribution is 2.41. The zero-order valence-corrected chi connectivity index (χ0v) is 15.2. The van der Waals surface area contributed by atoms with Crippen LogP contribution in [0.15, 0.2) is 36.7 Å². The van der Waals surface area contributed by atoms with Crippen LogP contribution >= 0.6 is 11.6 Å². The highest BCUT2D eigenvalue weighted by atomic mass is 35.5. The predicted molar refractivity (Wildman–Crippen MR) is 101 cm³/mol. The second kappa shape index (κ2) is 6.92. The van der Waals surface area contributed by atoms with Crippen LogP contribution in [-0.2, 0) is 6.42 Å². The van der Waals surface area contributed by atoms with Gasteiger partial charge in [0.2, 0.25) is 0 Å². The smallest absolute Gasteiger partial charge is 0.255 e. The largest absolute Gasteiger partial charge is 0.493 e. The molecule has 1 aliphatic rings. The molecule has 138 valence electrons. The number of anilines is 2. The summed E-state index contributed by atoms with van der Waals surface area (Å²) in [7, 11) is 1.51. The summed E-state index contributed by atoms with van der Waals surface area (Å²) < 4.78 is 19.8. The minimum Gasteiger partial charge on any atom is -0.493 e. The third-order valence-corrected chi connectivity index (χ3v) is 4.74. The number of para-hydroxylation sites is 1. The Morgan fingerprint density at radius 1 is 1.33 bits per heavy atom. The van der Waals surface area contributed by atoms with Gasteiger partial charge in [0, 0.05) is 30.4 Å². The molecule has 3 aromatic rings. The zero-order chi connectivity index (χ0) is 19.0. The molecule has 8 heteroatoms. The van der Waals surface area contributed by atoms with Crippen molar-refractivity contribution in [2.24, 2.45) is 0 Å². The number of pyridine rings is 1. The van der Waals surface area contributed by atoms with E-state index in [4.69, 9.17) is 16.3 Å². The van der Waals surface area contributed by atoms with Gasteiger partial charge >= 0.3 is 0 Å². The number of benzene rings is 1. The van der Waals surface area contributed by atoms with E-state index in [1.807, 2.05) is 0 Å². The van der Waals surface area contributed by atoms with Crippen molar-refractivity contribution in [3.8, 4) is 17.0 Å². The zero-order valence-electron chi connectivity index (χ0n) is 14.4. The van der Waals surface area contributed by atoms with Crippen molar-refractivity contribution in [2.45, 2.75) is 6.42 Å². The van der Waals surface area contributed by atoms with Gasteiger partial charge in [0.25, 0.3) is 5.91 Å². The van der Waals surface area contributed by atoms with E-state index < -0.39 is 5.82 Å². The average Bonchev–Trinajstić information content (AvgIpc) is 3.02. The van der Waals surface area contributed by atoms with Gasteiger partial charge in [-0.05, 0) is 18.2 Å². The topological polar surface area (TPSA) is 79.0 Å². The molecule has 2 aromatic heterocycles. The Morgan fingerprint density at radius 3 is 2.96 bits per heavy atom. The van der Waals surface area contributed by atoms with Gasteiger partial charge < -0.3 is 20.4 Å². The van der Waals surface area contributed by atoms with Crippen LogP contribution in [0.1, 0.15) is 16.1 Å². The van der Waals surface area contributed by atoms with Crippen molar-refractivity contribution in [3.63, 3.8) is 0 Å². The van der Waals surface area contributed by atoms with Crippen LogP contribution in [0.2, 0.25) is 5.02 Å². The molecule has 0 radical (unpaired) electrons. The van der Waals surface area contributed by atoms with Crippen LogP contribution in [0.4, 0.5) is 15.8 Å². The number of aromatic nitrogens is 2. The lowest BCUT2D eigenvalue weighted by atomic mass is 10.1. The molecule has 4 rings (SSSR count). The number of rotatable bonds is 4. The fourth-order valence-corrected chi connectivity index (χ4v) is 3.49. The fraction of sp³-hybridized carbons (Fsp3) is 0.158. The van der Waals surface area contributed by atoms with Crippen molar-refractivity contribution < 1.29 is 13.9 Å². The highest BCUT2D eigenvalue weighted by Gasteiger charge is 2.28. The van der Waals surface area contributed by atoms with E-state index in [2.05, 4.69) is 20.6 Å². The molecule has 0 spiro atoms. The van der Waals surface area contributed by atoms with E-state index in [9.17, 15) is 9.18 Å². The molecule has 1 aliphatic heterocycles. The van der Waals surface area contributed by atoms with E-state index in [1.54, 1.807) is 24.3 Å². The number of hydrogen-bond acceptors (Lipinski definition) is 4. The number of aromatic amines is 1. The third-order valence-electron chi connectivity index (χ3n) is 4.44. The second-order valence-electron chi connectivity index (χ2n) is 6.04. The van der Waals surface area contributed by atoms with Crippen LogP contribution in [0.5, 0.6) is 5.75 Å². The molecule has 0 atom stereocenters. The number of methoxy groups -OCH3 is 1. The number of amides is 1. The maximum atomic E-state index is 14.4. The molecule has 0 saturated carbocycles. The van der Waals surface area contributed by atoms with Gasteiger partial charge in [0.15, 0.2) is 11.6 Å². The molecular formula is C19H16ClFN4O2. The van der Waals surface area contributed by atoms with Gasteiger partial charge in [0.05, 0.1) is 41.0 Å². The minimum absolute atomic E-state index is 0.225. The maximum Gasteiger partial charge on any atom is 0.255 e. The first-order chi connectivity index (χ1) is 13.1. The van der Waals surface area contributed by atoms with Crippen LogP contribution in [0, 0.1) is 5.82 Å². The van der Waals surface area contributed by atoms with E-state index in [1.165, 1.54) is 13.3 Å². The summed E-state index contributed by atoms with van der Waals surface area (Å²) in [6.45, 7) is 0.518. The monoisotopic (exact) mass is 386 g/mol. The summed E-state index contributed by atoms with van der Waals surface area (Å²) in [5.74, 6) is -0.277. The minimum atomic E-state index is -0.488. The molecule has 27 heavy (non-hydrogen) atoms. The number of ether oxygens (including phenoxy) is 1. The molecule has 0 saturated heterocycles. The van der Waals surface area contributed by atoms with Crippen molar-refractivity contribution in [1.82, 2.24) is 15.3 Å². The number of nitrogens with zero attached hydrogens (tertiary/aromatic N) is 1. The Hall–Kier alpha value is -3.06. The Morgan fingerprint density at radius 2 is 2.19 bits per heavy atom. The van der Waals surface area contributed by atoms with Crippen molar-refractivity contribution in [2.75, 3.05) is 19.0 Å². The van der Waals surface area contributed by atoms with Crippen LogP contribution in [-0.4, -0.2) is 29.5 Å². The standard InChI is InChI=1S/C19H16ClFN4O2/c1-27-18-11(20)3-2-4-14(18)25-17-15-13(6-8-23-19(15)26)24-16(17)10-5-7-22-9-12(10)21/h2-5,7,9,24-25H,6,8H2,1H3,(H,23,26). The highest BCUT2D eigenvalue weighted by molar-refractivity contribution is 6.32. The van der Waals surface area contributed by atoms with E-state index in [0.29, 0.717) is 51.9 Å². The predicted octanol–water partition coefficient (Wildman–Crippen LogP) is 3.91. The SMILES string of the molecule is COc1c(Cl)cccc1Nc1c(-c2ccncc2F)[nH]c2c1C(=O)NCC2. The number of fused-ring (bicyclic) bond motifs is 1.